The maximum atomic E-state index is 13.1. The Hall–Kier alpha value is -1.13. The number of hydrogen-bond donors (Lipinski definition) is 1. The van der Waals surface area contributed by atoms with Crippen LogP contribution in [0, 0.1) is 5.92 Å². The molecule has 1 saturated heterocycles. The van der Waals surface area contributed by atoms with Crippen molar-refractivity contribution in [1.29, 1.82) is 0 Å². The second kappa shape index (κ2) is 11.6. The molecule has 0 aromatic carbocycles. The minimum atomic E-state index is 0. The normalized spacial score (nSPS) is 21.5. The van der Waals surface area contributed by atoms with E-state index in [9.17, 15) is 4.79 Å². The van der Waals surface area contributed by atoms with Crippen molar-refractivity contribution < 1.29 is 4.79 Å². The number of halogens is 1. The van der Waals surface area contributed by atoms with Crippen LogP contribution < -0.4 is 5.32 Å². The van der Waals surface area contributed by atoms with E-state index in [1.54, 1.807) is 0 Å². The molecule has 1 atom stereocenters. The first kappa shape index (κ1) is 21.2. The van der Waals surface area contributed by atoms with Crippen LogP contribution in [-0.2, 0) is 11.3 Å². The number of carbonyl (C=O) groups excluding carboxylic acids is 1. The second-order valence-electron chi connectivity index (χ2n) is 7.72. The van der Waals surface area contributed by atoms with Gasteiger partial charge in [-0.15, -0.1) is 12.4 Å². The lowest BCUT2D eigenvalue weighted by Gasteiger charge is -2.32. The van der Waals surface area contributed by atoms with Crippen molar-refractivity contribution in [2.24, 2.45) is 5.92 Å². The molecule has 2 fully saturated rings. The molecular weight excluding hydrogens is 346 g/mol. The molecule has 1 amide bonds. The Kier molecular flexibility index (Phi) is 9.41. The predicted molar refractivity (Wildman–Crippen MR) is 108 cm³/mol. The van der Waals surface area contributed by atoms with Crippen LogP contribution in [-0.4, -0.2) is 34.9 Å². The Labute approximate surface area is 164 Å². The number of carbonyl (C=O) groups is 1. The highest BCUT2D eigenvalue weighted by molar-refractivity contribution is 5.85. The first-order valence-electron chi connectivity index (χ1n) is 10.2. The molecule has 0 bridgehead atoms. The summed E-state index contributed by atoms with van der Waals surface area (Å²) in [5.41, 5.74) is 1.01. The third-order valence-corrected chi connectivity index (χ3v) is 5.86. The fourth-order valence-electron chi connectivity index (χ4n) is 4.35. The summed E-state index contributed by atoms with van der Waals surface area (Å²) in [6.07, 6.45) is 13.7. The molecule has 0 radical (unpaired) electrons. The molecule has 146 valence electrons. The zero-order valence-electron chi connectivity index (χ0n) is 15.9. The van der Waals surface area contributed by atoms with E-state index in [1.807, 2.05) is 24.4 Å². The first-order valence-corrected chi connectivity index (χ1v) is 10.2. The van der Waals surface area contributed by atoms with Crippen LogP contribution in [0.1, 0.15) is 69.9 Å². The molecule has 3 rings (SSSR count). The molecule has 1 aromatic rings. The van der Waals surface area contributed by atoms with Crippen molar-refractivity contribution in [3.05, 3.63) is 30.1 Å². The number of rotatable bonds is 6. The molecule has 1 aromatic heterocycles. The van der Waals surface area contributed by atoms with Gasteiger partial charge in [0.05, 0.1) is 12.2 Å². The van der Waals surface area contributed by atoms with E-state index in [-0.39, 0.29) is 12.4 Å². The number of aromatic nitrogens is 1. The van der Waals surface area contributed by atoms with Gasteiger partial charge in [-0.3, -0.25) is 9.78 Å². The minimum Gasteiger partial charge on any atom is -0.334 e. The van der Waals surface area contributed by atoms with Crippen LogP contribution >= 0.6 is 12.4 Å². The fourth-order valence-corrected chi connectivity index (χ4v) is 4.35. The van der Waals surface area contributed by atoms with Crippen molar-refractivity contribution in [2.75, 3.05) is 13.1 Å². The zero-order valence-corrected chi connectivity index (χ0v) is 16.7. The average Bonchev–Trinajstić information content (AvgIpc) is 2.95. The molecule has 5 heteroatoms. The van der Waals surface area contributed by atoms with Gasteiger partial charge in [0.15, 0.2) is 0 Å². The van der Waals surface area contributed by atoms with E-state index < -0.39 is 0 Å². The van der Waals surface area contributed by atoms with Gasteiger partial charge in [0.2, 0.25) is 5.91 Å². The van der Waals surface area contributed by atoms with Crippen molar-refractivity contribution in [3.63, 3.8) is 0 Å². The van der Waals surface area contributed by atoms with E-state index in [4.69, 9.17) is 0 Å². The Morgan fingerprint density at radius 3 is 2.69 bits per heavy atom. The SMILES string of the molecule is Cl.O=C(CCC1CCCCC1)N(Cc1ccccn1)C1CCCNCC1. The number of amides is 1. The molecule has 1 saturated carbocycles. The van der Waals surface area contributed by atoms with Crippen LogP contribution in [0.3, 0.4) is 0 Å². The van der Waals surface area contributed by atoms with Gasteiger partial charge >= 0.3 is 0 Å². The Bertz CT molecular complexity index is 511. The monoisotopic (exact) mass is 379 g/mol. The summed E-state index contributed by atoms with van der Waals surface area (Å²) >= 11 is 0. The average molecular weight is 380 g/mol. The van der Waals surface area contributed by atoms with Gasteiger partial charge < -0.3 is 10.2 Å². The number of pyridine rings is 1. The summed E-state index contributed by atoms with van der Waals surface area (Å²) in [5.74, 6) is 1.10. The molecule has 2 heterocycles. The van der Waals surface area contributed by atoms with Crippen molar-refractivity contribution in [2.45, 2.75) is 76.8 Å². The van der Waals surface area contributed by atoms with Crippen molar-refractivity contribution in [3.8, 4) is 0 Å². The van der Waals surface area contributed by atoms with Gasteiger partial charge in [-0.2, -0.15) is 0 Å². The fraction of sp³-hybridized carbons (Fsp3) is 0.714. The molecule has 1 unspecified atom stereocenters. The van der Waals surface area contributed by atoms with E-state index >= 15 is 0 Å². The molecule has 0 spiro atoms. The number of hydrogen-bond acceptors (Lipinski definition) is 3. The van der Waals surface area contributed by atoms with Gasteiger partial charge in [0, 0.05) is 18.7 Å². The van der Waals surface area contributed by atoms with E-state index in [2.05, 4.69) is 15.2 Å². The highest BCUT2D eigenvalue weighted by Gasteiger charge is 2.26. The van der Waals surface area contributed by atoms with Gasteiger partial charge in [-0.05, 0) is 56.8 Å². The Morgan fingerprint density at radius 1 is 1.08 bits per heavy atom. The molecular formula is C21H34ClN3O. The molecule has 1 aliphatic heterocycles. The summed E-state index contributed by atoms with van der Waals surface area (Å²) in [7, 11) is 0. The van der Waals surface area contributed by atoms with Gasteiger partial charge in [0.25, 0.3) is 0 Å². The second-order valence-corrected chi connectivity index (χ2v) is 7.72. The lowest BCUT2D eigenvalue weighted by atomic mass is 9.86. The summed E-state index contributed by atoms with van der Waals surface area (Å²) < 4.78 is 0. The van der Waals surface area contributed by atoms with Crippen LogP contribution in [0.15, 0.2) is 24.4 Å². The Balaban J connectivity index is 0.00000243. The largest absolute Gasteiger partial charge is 0.334 e. The quantitative estimate of drug-likeness (QED) is 0.799. The van der Waals surface area contributed by atoms with Crippen molar-refractivity contribution >= 4 is 18.3 Å². The topological polar surface area (TPSA) is 45.2 Å². The van der Waals surface area contributed by atoms with Crippen molar-refractivity contribution in [1.82, 2.24) is 15.2 Å². The maximum absolute atomic E-state index is 13.1. The minimum absolute atomic E-state index is 0. The lowest BCUT2D eigenvalue weighted by molar-refractivity contribution is -0.135. The molecule has 26 heavy (non-hydrogen) atoms. The highest BCUT2D eigenvalue weighted by Crippen LogP contribution is 2.28. The first-order chi connectivity index (χ1) is 12.3. The predicted octanol–water partition coefficient (Wildman–Crippen LogP) is 4.33. The van der Waals surface area contributed by atoms with Crippen LogP contribution in [0.4, 0.5) is 0 Å². The smallest absolute Gasteiger partial charge is 0.223 e. The standard InChI is InChI=1S/C21H33N3O.ClH/c25-21(12-11-18-7-2-1-3-8-18)24(17-19-9-4-5-15-23-19)20-10-6-14-22-16-13-20;/h4-5,9,15,18,20,22H,1-3,6-8,10-14,16-17H2;1H. The number of nitrogens with zero attached hydrogens (tertiary/aromatic N) is 2. The lowest BCUT2D eigenvalue weighted by Crippen LogP contribution is -2.40. The van der Waals surface area contributed by atoms with E-state index in [1.165, 1.54) is 32.1 Å². The molecule has 1 aliphatic carbocycles. The zero-order chi connectivity index (χ0) is 17.3. The highest BCUT2D eigenvalue weighted by atomic mass is 35.5. The molecule has 2 aliphatic rings. The van der Waals surface area contributed by atoms with Gasteiger partial charge in [-0.25, -0.2) is 0 Å². The Morgan fingerprint density at radius 2 is 1.92 bits per heavy atom. The van der Waals surface area contributed by atoms with E-state index in [0.717, 1.165) is 50.4 Å². The van der Waals surface area contributed by atoms with Crippen LogP contribution in [0.2, 0.25) is 0 Å². The summed E-state index contributed by atoms with van der Waals surface area (Å²) in [4.78, 5) is 19.7. The summed E-state index contributed by atoms with van der Waals surface area (Å²) in [6, 6.07) is 6.35. The third-order valence-electron chi connectivity index (χ3n) is 5.86. The van der Waals surface area contributed by atoms with Crippen LogP contribution in [0.25, 0.3) is 0 Å². The third kappa shape index (κ3) is 6.55. The maximum Gasteiger partial charge on any atom is 0.223 e. The summed E-state index contributed by atoms with van der Waals surface area (Å²) in [6.45, 7) is 2.75. The van der Waals surface area contributed by atoms with Crippen LogP contribution in [0.5, 0.6) is 0 Å². The van der Waals surface area contributed by atoms with Gasteiger partial charge in [0.1, 0.15) is 0 Å². The summed E-state index contributed by atoms with van der Waals surface area (Å²) in [5, 5.41) is 3.46. The molecule has 4 nitrogen and oxygen atoms in total. The molecule has 1 N–H and O–H groups in total. The number of nitrogens with one attached hydrogen (secondary N) is 1. The van der Waals surface area contributed by atoms with Gasteiger partial charge in [-0.1, -0.05) is 38.2 Å². The van der Waals surface area contributed by atoms with E-state index in [0.29, 0.717) is 24.9 Å².